The Hall–Kier alpha value is -1.73. The molecule has 1 aliphatic rings. The molecule has 1 aromatic rings. The minimum Gasteiger partial charge on any atom is -0.495 e. The molecule has 1 aliphatic carbocycles. The fourth-order valence-corrected chi connectivity index (χ4v) is 2.80. The number of hydrogen-bond acceptors (Lipinski definition) is 4. The maximum absolute atomic E-state index is 9.06. The summed E-state index contributed by atoms with van der Waals surface area (Å²) in [5.74, 6) is 1.45. The predicted octanol–water partition coefficient (Wildman–Crippen LogP) is 2.78. The van der Waals surface area contributed by atoms with Gasteiger partial charge in [0, 0.05) is 11.6 Å². The number of nitriles is 1. The van der Waals surface area contributed by atoms with E-state index in [0.717, 1.165) is 37.0 Å². The van der Waals surface area contributed by atoms with Crippen molar-refractivity contribution in [3.8, 4) is 17.6 Å². The number of rotatable bonds is 4. The van der Waals surface area contributed by atoms with Crippen LogP contribution in [0.1, 0.15) is 36.8 Å². The Morgan fingerprint density at radius 3 is 2.50 bits per heavy atom. The molecule has 0 spiro atoms. The summed E-state index contributed by atoms with van der Waals surface area (Å²) in [7, 11) is 3.60. The van der Waals surface area contributed by atoms with Crippen molar-refractivity contribution in [1.82, 2.24) is 5.32 Å². The van der Waals surface area contributed by atoms with E-state index >= 15 is 0 Å². The molecule has 0 amide bonds. The third-order valence-corrected chi connectivity index (χ3v) is 4.06. The van der Waals surface area contributed by atoms with Crippen molar-refractivity contribution in [2.45, 2.75) is 44.8 Å². The van der Waals surface area contributed by atoms with Crippen LogP contribution in [0.4, 0.5) is 0 Å². The van der Waals surface area contributed by atoms with Crippen molar-refractivity contribution >= 4 is 0 Å². The third-order valence-electron chi connectivity index (χ3n) is 4.06. The molecular formula is C16H22N2O2. The second kappa shape index (κ2) is 6.62. The fourth-order valence-electron chi connectivity index (χ4n) is 2.80. The predicted molar refractivity (Wildman–Crippen MR) is 78.2 cm³/mol. The second-order valence-electron chi connectivity index (χ2n) is 5.26. The average molecular weight is 274 g/mol. The van der Waals surface area contributed by atoms with E-state index in [2.05, 4.69) is 11.4 Å². The van der Waals surface area contributed by atoms with Gasteiger partial charge in [-0.15, -0.1) is 0 Å². The summed E-state index contributed by atoms with van der Waals surface area (Å²) in [5.41, 5.74) is 1.46. The van der Waals surface area contributed by atoms with Crippen molar-refractivity contribution < 1.29 is 9.47 Å². The highest BCUT2D eigenvalue weighted by Gasteiger charge is 2.22. The van der Waals surface area contributed by atoms with Gasteiger partial charge in [-0.1, -0.05) is 0 Å². The van der Waals surface area contributed by atoms with Crippen LogP contribution in [0.3, 0.4) is 0 Å². The molecule has 0 atom stereocenters. The first-order chi connectivity index (χ1) is 9.69. The highest BCUT2D eigenvalue weighted by atomic mass is 16.5. The Bertz CT molecular complexity index is 500. The Balaban J connectivity index is 2.09. The molecular weight excluding hydrogens is 252 g/mol. The molecule has 2 rings (SSSR count). The maximum Gasteiger partial charge on any atom is 0.143 e. The zero-order valence-corrected chi connectivity index (χ0v) is 12.4. The van der Waals surface area contributed by atoms with Crippen LogP contribution in [0.15, 0.2) is 12.1 Å². The SMILES string of the molecule is CNC1CCC(Oc2ccc(C#N)c(OC)c2C)CC1. The molecule has 4 nitrogen and oxygen atoms in total. The quantitative estimate of drug-likeness (QED) is 0.917. The number of benzene rings is 1. The fraction of sp³-hybridized carbons (Fsp3) is 0.562. The minimum atomic E-state index is 0.260. The molecule has 1 saturated carbocycles. The summed E-state index contributed by atoms with van der Waals surface area (Å²) in [6.45, 7) is 1.94. The van der Waals surface area contributed by atoms with Crippen molar-refractivity contribution in [1.29, 1.82) is 5.26 Å². The van der Waals surface area contributed by atoms with Gasteiger partial charge < -0.3 is 14.8 Å². The van der Waals surface area contributed by atoms with E-state index in [0.29, 0.717) is 17.4 Å². The summed E-state index contributed by atoms with van der Waals surface area (Å²) in [5, 5.41) is 12.4. The van der Waals surface area contributed by atoms with Gasteiger partial charge in [0.1, 0.15) is 17.6 Å². The third kappa shape index (κ3) is 3.05. The highest BCUT2D eigenvalue weighted by molar-refractivity contribution is 5.54. The van der Waals surface area contributed by atoms with Crippen LogP contribution >= 0.6 is 0 Å². The lowest BCUT2D eigenvalue weighted by Crippen LogP contribution is -2.34. The Kier molecular flexibility index (Phi) is 4.86. The van der Waals surface area contributed by atoms with Crippen LogP contribution in [0, 0.1) is 18.3 Å². The number of ether oxygens (including phenoxy) is 2. The molecule has 108 valence electrons. The molecule has 0 aromatic heterocycles. The standard InChI is InChI=1S/C16H22N2O2/c1-11-15(9-4-12(10-17)16(11)19-3)20-14-7-5-13(18-2)6-8-14/h4,9,13-14,18H,5-8H2,1-3H3. The van der Waals surface area contributed by atoms with Gasteiger partial charge in [-0.25, -0.2) is 0 Å². The second-order valence-corrected chi connectivity index (χ2v) is 5.26. The molecule has 4 heteroatoms. The monoisotopic (exact) mass is 274 g/mol. The summed E-state index contributed by atoms with van der Waals surface area (Å²) in [4.78, 5) is 0. The summed E-state index contributed by atoms with van der Waals surface area (Å²) in [6, 6.07) is 6.40. The summed E-state index contributed by atoms with van der Waals surface area (Å²) >= 11 is 0. The molecule has 20 heavy (non-hydrogen) atoms. The molecule has 1 aromatic carbocycles. The molecule has 0 heterocycles. The van der Waals surface area contributed by atoms with Crippen LogP contribution in [0.25, 0.3) is 0 Å². The zero-order chi connectivity index (χ0) is 14.5. The van der Waals surface area contributed by atoms with Crippen LogP contribution in [0.5, 0.6) is 11.5 Å². The van der Waals surface area contributed by atoms with Crippen molar-refractivity contribution in [3.05, 3.63) is 23.3 Å². The normalized spacial score (nSPS) is 22.1. The zero-order valence-electron chi connectivity index (χ0n) is 12.4. The van der Waals surface area contributed by atoms with Gasteiger partial charge in [-0.05, 0) is 51.8 Å². The van der Waals surface area contributed by atoms with Crippen LogP contribution in [0.2, 0.25) is 0 Å². The number of nitrogens with one attached hydrogen (secondary N) is 1. The Labute approximate surface area is 120 Å². The maximum atomic E-state index is 9.06. The molecule has 0 aliphatic heterocycles. The van der Waals surface area contributed by atoms with E-state index in [9.17, 15) is 0 Å². The lowest BCUT2D eigenvalue weighted by molar-refractivity contribution is 0.140. The van der Waals surface area contributed by atoms with Gasteiger partial charge in [0.2, 0.25) is 0 Å². The smallest absolute Gasteiger partial charge is 0.143 e. The van der Waals surface area contributed by atoms with E-state index in [4.69, 9.17) is 14.7 Å². The van der Waals surface area contributed by atoms with Crippen LogP contribution < -0.4 is 14.8 Å². The van der Waals surface area contributed by atoms with E-state index in [1.165, 1.54) is 0 Å². The van der Waals surface area contributed by atoms with Gasteiger partial charge in [0.25, 0.3) is 0 Å². The van der Waals surface area contributed by atoms with E-state index in [-0.39, 0.29) is 6.10 Å². The van der Waals surface area contributed by atoms with Crippen molar-refractivity contribution in [2.75, 3.05) is 14.2 Å². The van der Waals surface area contributed by atoms with Crippen LogP contribution in [-0.4, -0.2) is 26.3 Å². The van der Waals surface area contributed by atoms with Gasteiger partial charge in [-0.2, -0.15) is 5.26 Å². The Morgan fingerprint density at radius 2 is 1.95 bits per heavy atom. The number of hydrogen-bond donors (Lipinski definition) is 1. The number of methoxy groups -OCH3 is 1. The van der Waals surface area contributed by atoms with Crippen LogP contribution in [-0.2, 0) is 0 Å². The molecule has 0 radical (unpaired) electrons. The largest absolute Gasteiger partial charge is 0.495 e. The van der Waals surface area contributed by atoms with Gasteiger partial charge in [-0.3, -0.25) is 0 Å². The minimum absolute atomic E-state index is 0.260. The van der Waals surface area contributed by atoms with E-state index < -0.39 is 0 Å². The molecule has 0 saturated heterocycles. The molecule has 0 bridgehead atoms. The van der Waals surface area contributed by atoms with Gasteiger partial charge in [0.05, 0.1) is 18.8 Å². The number of nitrogens with zero attached hydrogens (tertiary/aromatic N) is 1. The first kappa shape index (κ1) is 14.7. The molecule has 0 unspecified atom stereocenters. The van der Waals surface area contributed by atoms with Gasteiger partial charge in [0.15, 0.2) is 0 Å². The Morgan fingerprint density at radius 1 is 1.25 bits per heavy atom. The lowest BCUT2D eigenvalue weighted by Gasteiger charge is -2.29. The topological polar surface area (TPSA) is 54.3 Å². The average Bonchev–Trinajstić information content (AvgIpc) is 2.49. The molecule has 1 N–H and O–H groups in total. The van der Waals surface area contributed by atoms with Crippen molar-refractivity contribution in [2.24, 2.45) is 0 Å². The summed E-state index contributed by atoms with van der Waals surface area (Å²) < 4.78 is 11.4. The molecule has 1 fully saturated rings. The highest BCUT2D eigenvalue weighted by Crippen LogP contribution is 2.33. The first-order valence-corrected chi connectivity index (χ1v) is 7.11. The van der Waals surface area contributed by atoms with E-state index in [1.54, 1.807) is 13.2 Å². The van der Waals surface area contributed by atoms with Crippen molar-refractivity contribution in [3.63, 3.8) is 0 Å². The lowest BCUT2D eigenvalue weighted by atomic mass is 9.93. The van der Waals surface area contributed by atoms with Gasteiger partial charge >= 0.3 is 0 Å². The first-order valence-electron chi connectivity index (χ1n) is 7.11. The van der Waals surface area contributed by atoms with E-state index in [1.807, 2.05) is 20.0 Å². The summed E-state index contributed by atoms with van der Waals surface area (Å²) in [6.07, 6.45) is 4.68.